The minimum Gasteiger partial charge on any atom is -0.327 e. The summed E-state index contributed by atoms with van der Waals surface area (Å²) in [5, 5.41) is 10.2. The normalized spacial score (nSPS) is 16.4. The Labute approximate surface area is 169 Å². The number of halogens is 1. The molecule has 0 unspecified atom stereocenters. The summed E-state index contributed by atoms with van der Waals surface area (Å²) in [6.45, 7) is 3.17. The van der Waals surface area contributed by atoms with Crippen LogP contribution in [0.15, 0.2) is 42.7 Å². The zero-order valence-corrected chi connectivity index (χ0v) is 16.5. The van der Waals surface area contributed by atoms with Crippen LogP contribution in [0.2, 0.25) is 5.02 Å². The molecule has 1 aliphatic rings. The van der Waals surface area contributed by atoms with E-state index in [4.69, 9.17) is 11.6 Å². The van der Waals surface area contributed by atoms with Gasteiger partial charge in [0.15, 0.2) is 16.7 Å². The third kappa shape index (κ3) is 2.76. The van der Waals surface area contributed by atoms with Crippen molar-refractivity contribution >= 4 is 39.1 Å². The number of hydrogen-bond acceptors (Lipinski definition) is 6. The largest absolute Gasteiger partial charge is 0.327 e. The average Bonchev–Trinajstić information content (AvgIpc) is 3.32. The molecule has 5 rings (SSSR count). The van der Waals surface area contributed by atoms with E-state index in [-0.39, 0.29) is 11.9 Å². The fourth-order valence-electron chi connectivity index (χ4n) is 3.45. The van der Waals surface area contributed by atoms with Gasteiger partial charge in [0.25, 0.3) is 5.91 Å². The number of fused-ring (bicyclic) bond motifs is 2. The molecule has 0 radical (unpaired) electrons. The van der Waals surface area contributed by atoms with Crippen LogP contribution in [0.1, 0.15) is 29.1 Å². The quantitative estimate of drug-likeness (QED) is 0.502. The Morgan fingerprint density at radius 2 is 2.00 bits per heavy atom. The minimum absolute atomic E-state index is 0.0361. The van der Waals surface area contributed by atoms with Gasteiger partial charge in [0.1, 0.15) is 5.52 Å². The number of carbonyl (C=O) groups excluding carboxylic acids is 1. The highest BCUT2D eigenvalue weighted by Gasteiger charge is 2.32. The summed E-state index contributed by atoms with van der Waals surface area (Å²) in [7, 11) is 0. The first-order valence-electron chi connectivity index (χ1n) is 8.82. The lowest BCUT2D eigenvalue weighted by molar-refractivity contribution is 0.0638. The van der Waals surface area contributed by atoms with Gasteiger partial charge in [-0.2, -0.15) is 0 Å². The molecule has 0 N–H and O–H groups in total. The molecule has 4 heterocycles. The summed E-state index contributed by atoms with van der Waals surface area (Å²) in [6, 6.07) is 8.71. The second-order valence-electron chi connectivity index (χ2n) is 6.58. The molecule has 4 aromatic rings. The number of nitrogens with zero attached hydrogens (tertiary/aromatic N) is 6. The number of rotatable bonds is 2. The van der Waals surface area contributed by atoms with Gasteiger partial charge in [0.2, 0.25) is 0 Å². The van der Waals surface area contributed by atoms with Crippen LogP contribution in [0, 0.1) is 0 Å². The van der Waals surface area contributed by atoms with Gasteiger partial charge in [-0.05, 0) is 37.3 Å². The molecule has 1 atom stereocenters. The first-order chi connectivity index (χ1) is 13.6. The van der Waals surface area contributed by atoms with Crippen LogP contribution in [0.25, 0.3) is 21.0 Å². The van der Waals surface area contributed by atoms with Gasteiger partial charge < -0.3 is 9.47 Å². The lowest BCUT2D eigenvalue weighted by atomic mass is 10.1. The maximum atomic E-state index is 12.9. The monoisotopic (exact) mass is 410 g/mol. The van der Waals surface area contributed by atoms with Crippen molar-refractivity contribution in [2.24, 2.45) is 0 Å². The highest BCUT2D eigenvalue weighted by Crippen LogP contribution is 2.33. The molecule has 7 nitrogen and oxygen atoms in total. The minimum atomic E-state index is -0.186. The third-order valence-electron chi connectivity index (χ3n) is 4.92. The number of aromatic nitrogens is 5. The molecule has 0 saturated heterocycles. The molecule has 0 bridgehead atoms. The van der Waals surface area contributed by atoms with Gasteiger partial charge in [0, 0.05) is 29.9 Å². The molecule has 1 aliphatic heterocycles. The van der Waals surface area contributed by atoms with E-state index in [1.54, 1.807) is 48.0 Å². The van der Waals surface area contributed by atoms with Gasteiger partial charge >= 0.3 is 0 Å². The van der Waals surface area contributed by atoms with E-state index >= 15 is 0 Å². The number of amides is 1. The molecule has 9 heteroatoms. The van der Waals surface area contributed by atoms with Gasteiger partial charge in [-0.3, -0.25) is 9.78 Å². The van der Waals surface area contributed by atoms with Crippen LogP contribution >= 0.6 is 22.9 Å². The fourth-order valence-corrected chi connectivity index (χ4v) is 4.51. The van der Waals surface area contributed by atoms with E-state index in [1.165, 1.54) is 0 Å². The Hall–Kier alpha value is -2.84. The highest BCUT2D eigenvalue weighted by atomic mass is 35.5. The van der Waals surface area contributed by atoms with Crippen molar-refractivity contribution in [3.05, 3.63) is 59.1 Å². The van der Waals surface area contributed by atoms with Gasteiger partial charge in [-0.15, -0.1) is 21.5 Å². The summed E-state index contributed by atoms with van der Waals surface area (Å²) < 4.78 is 3.12. The van der Waals surface area contributed by atoms with Crippen LogP contribution in [0.3, 0.4) is 0 Å². The number of thiazole rings is 1. The van der Waals surface area contributed by atoms with Crippen LogP contribution < -0.4 is 0 Å². The molecular formula is C19H15ClN6OS. The summed E-state index contributed by atoms with van der Waals surface area (Å²) in [6.07, 6.45) is 3.50. The van der Waals surface area contributed by atoms with Crippen LogP contribution in [-0.4, -0.2) is 42.1 Å². The Bertz CT molecular complexity index is 1150. The van der Waals surface area contributed by atoms with Crippen molar-refractivity contribution in [3.8, 4) is 10.8 Å². The molecule has 0 fully saturated rings. The zero-order valence-electron chi connectivity index (χ0n) is 14.9. The predicted octanol–water partition coefficient (Wildman–Crippen LogP) is 3.82. The number of pyridine rings is 1. The predicted molar refractivity (Wildman–Crippen MR) is 107 cm³/mol. The smallest absolute Gasteiger partial charge is 0.254 e. The van der Waals surface area contributed by atoms with Gasteiger partial charge in [0.05, 0.1) is 16.9 Å². The lowest BCUT2D eigenvalue weighted by Crippen LogP contribution is -2.41. The van der Waals surface area contributed by atoms with Crippen LogP contribution in [0.5, 0.6) is 0 Å². The summed E-state index contributed by atoms with van der Waals surface area (Å²) >= 11 is 7.50. The molecule has 0 spiro atoms. The second-order valence-corrected chi connectivity index (χ2v) is 8.04. The molecule has 1 aromatic carbocycles. The summed E-state index contributed by atoms with van der Waals surface area (Å²) in [5.74, 6) is 1.47. The highest BCUT2D eigenvalue weighted by molar-refractivity contribution is 7.21. The molecule has 1 amide bonds. The van der Waals surface area contributed by atoms with Crippen molar-refractivity contribution in [3.63, 3.8) is 0 Å². The van der Waals surface area contributed by atoms with E-state index in [2.05, 4.69) is 24.7 Å². The van der Waals surface area contributed by atoms with E-state index in [0.29, 0.717) is 23.7 Å². The second kappa shape index (κ2) is 6.65. The summed E-state index contributed by atoms with van der Waals surface area (Å²) in [5.41, 5.74) is 1.46. The van der Waals surface area contributed by atoms with E-state index in [9.17, 15) is 4.79 Å². The van der Waals surface area contributed by atoms with Gasteiger partial charge in [-0.1, -0.05) is 11.6 Å². The maximum Gasteiger partial charge on any atom is 0.254 e. The molecular weight excluding hydrogens is 396 g/mol. The van der Waals surface area contributed by atoms with Crippen molar-refractivity contribution in [2.45, 2.75) is 19.5 Å². The zero-order chi connectivity index (χ0) is 19.3. The van der Waals surface area contributed by atoms with Crippen molar-refractivity contribution in [2.75, 3.05) is 6.54 Å². The average molecular weight is 411 g/mol. The molecule has 3 aromatic heterocycles. The lowest BCUT2D eigenvalue weighted by Gasteiger charge is -2.33. The standard InChI is InChI=1S/C19H15ClN6OS/c1-11-16-23-24-17(18-22-14-10-21-7-6-15(14)28-18)26(16)9-8-25(11)19(27)12-2-4-13(20)5-3-12/h2-7,10-11H,8-9H2,1H3/t11-/m1/s1. The molecule has 0 saturated carbocycles. The van der Waals surface area contributed by atoms with Crippen LogP contribution in [0.4, 0.5) is 0 Å². The Kier molecular flexibility index (Phi) is 4.10. The Balaban J connectivity index is 1.47. The molecule has 0 aliphatic carbocycles. The number of benzene rings is 1. The van der Waals surface area contributed by atoms with Crippen molar-refractivity contribution in [1.82, 2.24) is 29.6 Å². The fraction of sp³-hybridized carbons (Fsp3) is 0.211. The topological polar surface area (TPSA) is 76.8 Å². The van der Waals surface area contributed by atoms with Crippen LogP contribution in [-0.2, 0) is 6.54 Å². The Morgan fingerprint density at radius 3 is 2.79 bits per heavy atom. The molecule has 140 valence electrons. The maximum absolute atomic E-state index is 12.9. The number of carbonyl (C=O) groups is 1. The van der Waals surface area contributed by atoms with E-state index in [0.717, 1.165) is 26.9 Å². The first kappa shape index (κ1) is 17.3. The van der Waals surface area contributed by atoms with E-state index in [1.807, 2.05) is 17.9 Å². The molecule has 28 heavy (non-hydrogen) atoms. The third-order valence-corrected chi connectivity index (χ3v) is 6.20. The van der Waals surface area contributed by atoms with E-state index < -0.39 is 0 Å². The van der Waals surface area contributed by atoms with Crippen molar-refractivity contribution in [1.29, 1.82) is 0 Å². The van der Waals surface area contributed by atoms with Gasteiger partial charge in [-0.25, -0.2) is 4.98 Å². The first-order valence-corrected chi connectivity index (χ1v) is 10.0. The SMILES string of the molecule is C[C@@H]1c2nnc(-c3nc4cnccc4s3)n2CCN1C(=O)c1ccc(Cl)cc1. The Morgan fingerprint density at radius 1 is 1.18 bits per heavy atom. The number of hydrogen-bond donors (Lipinski definition) is 0. The van der Waals surface area contributed by atoms with Crippen molar-refractivity contribution < 1.29 is 4.79 Å². The summed E-state index contributed by atoms with van der Waals surface area (Å²) in [4.78, 5) is 23.5.